The normalized spacial score (nSPS) is 10.4. The monoisotopic (exact) mass is 305 g/mol. The molecule has 0 bridgehead atoms. The lowest BCUT2D eigenvalue weighted by molar-refractivity contribution is 0.0992. The summed E-state index contributed by atoms with van der Waals surface area (Å²) in [5.74, 6) is 1.31. The van der Waals surface area contributed by atoms with Gasteiger partial charge in [0.15, 0.2) is 17.3 Å². The molecule has 0 saturated carbocycles. The van der Waals surface area contributed by atoms with Gasteiger partial charge < -0.3 is 9.47 Å². The number of ketones is 1. The van der Waals surface area contributed by atoms with Gasteiger partial charge in [0.25, 0.3) is 0 Å². The van der Waals surface area contributed by atoms with Gasteiger partial charge in [0, 0.05) is 16.6 Å². The molecule has 1 heterocycles. The van der Waals surface area contributed by atoms with Gasteiger partial charge >= 0.3 is 0 Å². The number of hydrogen-bond acceptors (Lipinski definition) is 5. The number of thiazole rings is 1. The third kappa shape index (κ3) is 4.04. The first kappa shape index (κ1) is 15.5. The average molecular weight is 305 g/mol. The molecule has 2 rings (SSSR count). The molecule has 5 heteroatoms. The highest BCUT2D eigenvalue weighted by Gasteiger charge is 2.13. The zero-order valence-corrected chi connectivity index (χ0v) is 13.3. The smallest absolute Gasteiger partial charge is 0.169 e. The Morgan fingerprint density at radius 2 is 1.90 bits per heavy atom. The Morgan fingerprint density at radius 3 is 2.52 bits per heavy atom. The summed E-state index contributed by atoms with van der Waals surface area (Å²) in [5.41, 5.74) is 1.57. The number of aryl methyl sites for hydroxylation is 1. The minimum Gasteiger partial charge on any atom is -0.490 e. The maximum atomic E-state index is 12.3. The van der Waals surface area contributed by atoms with Crippen molar-refractivity contribution in [2.24, 2.45) is 0 Å². The summed E-state index contributed by atoms with van der Waals surface area (Å²) in [6.45, 7) is 6.84. The van der Waals surface area contributed by atoms with E-state index in [0.717, 1.165) is 10.7 Å². The Hall–Kier alpha value is -1.88. The quantitative estimate of drug-likeness (QED) is 0.732. The molecule has 0 atom stereocenters. The molecule has 0 spiro atoms. The van der Waals surface area contributed by atoms with Crippen molar-refractivity contribution in [2.45, 2.75) is 27.2 Å². The van der Waals surface area contributed by atoms with Gasteiger partial charge in [0.1, 0.15) is 5.01 Å². The van der Waals surface area contributed by atoms with Crippen molar-refractivity contribution in [3.63, 3.8) is 0 Å². The third-order valence-electron chi connectivity index (χ3n) is 2.84. The van der Waals surface area contributed by atoms with Gasteiger partial charge in [-0.15, -0.1) is 11.3 Å². The van der Waals surface area contributed by atoms with Gasteiger partial charge in [0.2, 0.25) is 0 Å². The summed E-state index contributed by atoms with van der Waals surface area (Å²) in [6, 6.07) is 5.31. The predicted octanol–water partition coefficient (Wildman–Crippen LogP) is 3.67. The average Bonchev–Trinajstić information content (AvgIpc) is 2.86. The Bertz CT molecular complexity index is 622. The molecule has 1 aromatic carbocycles. The van der Waals surface area contributed by atoms with Crippen LogP contribution in [0.15, 0.2) is 23.6 Å². The van der Waals surface area contributed by atoms with Crippen molar-refractivity contribution in [1.29, 1.82) is 0 Å². The van der Waals surface area contributed by atoms with Crippen LogP contribution in [0.1, 0.15) is 34.9 Å². The van der Waals surface area contributed by atoms with E-state index in [4.69, 9.17) is 9.47 Å². The van der Waals surface area contributed by atoms with E-state index in [0.29, 0.717) is 36.7 Å². The van der Waals surface area contributed by atoms with Crippen LogP contribution in [0.2, 0.25) is 0 Å². The van der Waals surface area contributed by atoms with E-state index in [1.165, 1.54) is 11.3 Å². The number of hydrogen-bond donors (Lipinski definition) is 0. The molecule has 112 valence electrons. The molecule has 0 amide bonds. The largest absolute Gasteiger partial charge is 0.490 e. The first-order valence-electron chi connectivity index (χ1n) is 6.97. The maximum absolute atomic E-state index is 12.3. The Labute approximate surface area is 128 Å². The lowest BCUT2D eigenvalue weighted by Crippen LogP contribution is -2.05. The molecule has 4 nitrogen and oxygen atoms in total. The molecule has 0 aliphatic carbocycles. The van der Waals surface area contributed by atoms with Gasteiger partial charge in [-0.05, 0) is 39.0 Å². The summed E-state index contributed by atoms with van der Waals surface area (Å²) >= 11 is 1.51. The number of Topliss-reactive ketones (excluding diaryl/α,β-unsaturated/α-hetero) is 1. The van der Waals surface area contributed by atoms with Crippen LogP contribution in [-0.2, 0) is 6.42 Å². The van der Waals surface area contributed by atoms with Crippen LogP contribution >= 0.6 is 11.3 Å². The highest BCUT2D eigenvalue weighted by Crippen LogP contribution is 2.29. The van der Waals surface area contributed by atoms with Crippen LogP contribution in [0.5, 0.6) is 11.5 Å². The molecule has 0 radical (unpaired) electrons. The summed E-state index contributed by atoms with van der Waals surface area (Å²) in [5, 5.41) is 2.79. The van der Waals surface area contributed by atoms with Gasteiger partial charge in [-0.25, -0.2) is 4.98 Å². The Balaban J connectivity index is 2.18. The highest BCUT2D eigenvalue weighted by atomic mass is 32.1. The number of ether oxygens (including phenoxy) is 2. The molecule has 1 aromatic heterocycles. The van der Waals surface area contributed by atoms with E-state index in [-0.39, 0.29) is 5.78 Å². The van der Waals surface area contributed by atoms with Crippen LogP contribution in [0.4, 0.5) is 0 Å². The second-order valence-electron chi connectivity index (χ2n) is 4.51. The van der Waals surface area contributed by atoms with Gasteiger partial charge in [0.05, 0.1) is 19.6 Å². The maximum Gasteiger partial charge on any atom is 0.169 e. The number of rotatable bonds is 7. The molecule has 21 heavy (non-hydrogen) atoms. The summed E-state index contributed by atoms with van der Waals surface area (Å²) in [6.07, 6.45) is 0.318. The van der Waals surface area contributed by atoms with Crippen LogP contribution < -0.4 is 9.47 Å². The topological polar surface area (TPSA) is 48.4 Å². The minimum absolute atomic E-state index is 0.0355. The second-order valence-corrected chi connectivity index (χ2v) is 5.45. The fourth-order valence-electron chi connectivity index (χ4n) is 1.95. The van der Waals surface area contributed by atoms with Gasteiger partial charge in [-0.2, -0.15) is 0 Å². The van der Waals surface area contributed by atoms with Crippen LogP contribution in [-0.4, -0.2) is 24.0 Å². The molecule has 0 aliphatic heterocycles. The van der Waals surface area contributed by atoms with E-state index >= 15 is 0 Å². The molecule has 0 saturated heterocycles. The van der Waals surface area contributed by atoms with E-state index in [1.54, 1.807) is 18.2 Å². The number of nitrogens with zero attached hydrogens (tertiary/aromatic N) is 1. The van der Waals surface area contributed by atoms with Crippen molar-refractivity contribution in [3.8, 4) is 11.5 Å². The number of carbonyl (C=O) groups is 1. The first-order chi connectivity index (χ1) is 10.1. The molecule has 2 aromatic rings. The molecule has 0 fully saturated rings. The lowest BCUT2D eigenvalue weighted by Gasteiger charge is -2.11. The SMILES string of the molecule is CCOc1ccc(C(=O)Cc2nc(C)cs2)cc1OCC. The highest BCUT2D eigenvalue weighted by molar-refractivity contribution is 7.09. The van der Waals surface area contributed by atoms with Crippen molar-refractivity contribution in [3.05, 3.63) is 39.8 Å². The second kappa shape index (κ2) is 7.22. The number of benzene rings is 1. The lowest BCUT2D eigenvalue weighted by atomic mass is 10.1. The number of aromatic nitrogens is 1. The van der Waals surface area contributed by atoms with Crippen molar-refractivity contribution >= 4 is 17.1 Å². The molecule has 0 unspecified atom stereocenters. The van der Waals surface area contributed by atoms with E-state index < -0.39 is 0 Å². The zero-order chi connectivity index (χ0) is 15.2. The van der Waals surface area contributed by atoms with Crippen molar-refractivity contribution < 1.29 is 14.3 Å². The fraction of sp³-hybridized carbons (Fsp3) is 0.375. The summed E-state index contributed by atoms with van der Waals surface area (Å²) < 4.78 is 11.0. The van der Waals surface area contributed by atoms with Gasteiger partial charge in [-0.1, -0.05) is 0 Å². The summed E-state index contributed by atoms with van der Waals surface area (Å²) in [4.78, 5) is 16.6. The van der Waals surface area contributed by atoms with Crippen LogP contribution in [0.25, 0.3) is 0 Å². The molecular formula is C16H19NO3S. The van der Waals surface area contributed by atoms with Gasteiger partial charge in [-0.3, -0.25) is 4.79 Å². The van der Waals surface area contributed by atoms with E-state index in [9.17, 15) is 4.79 Å². The first-order valence-corrected chi connectivity index (χ1v) is 7.85. The minimum atomic E-state index is 0.0355. The summed E-state index contributed by atoms with van der Waals surface area (Å²) in [7, 11) is 0. The van der Waals surface area contributed by atoms with Crippen LogP contribution in [0, 0.1) is 6.92 Å². The van der Waals surface area contributed by atoms with E-state index in [2.05, 4.69) is 4.98 Å². The third-order valence-corrected chi connectivity index (χ3v) is 3.81. The fourth-order valence-corrected chi connectivity index (χ4v) is 2.72. The molecular weight excluding hydrogens is 286 g/mol. The Morgan fingerprint density at radius 1 is 1.19 bits per heavy atom. The molecule has 0 aliphatic rings. The molecule has 0 N–H and O–H groups in total. The zero-order valence-electron chi connectivity index (χ0n) is 12.5. The standard InChI is InChI=1S/C16H19NO3S/c1-4-19-14-7-6-12(8-15(14)20-5-2)13(18)9-16-17-11(3)10-21-16/h6-8,10H,4-5,9H2,1-3H3. The predicted molar refractivity (Wildman–Crippen MR) is 83.7 cm³/mol. The number of carbonyl (C=O) groups excluding carboxylic acids is 1. The van der Waals surface area contributed by atoms with Crippen molar-refractivity contribution in [2.75, 3.05) is 13.2 Å². The van der Waals surface area contributed by atoms with Crippen molar-refractivity contribution in [1.82, 2.24) is 4.98 Å². The van der Waals surface area contributed by atoms with Crippen LogP contribution in [0.3, 0.4) is 0 Å². The Kier molecular flexibility index (Phi) is 5.33. The van der Waals surface area contributed by atoms with E-state index in [1.807, 2.05) is 26.2 Å².